The molecule has 150 valence electrons. The van der Waals surface area contributed by atoms with Crippen LogP contribution in [-0.4, -0.2) is 70.7 Å². The summed E-state index contributed by atoms with van der Waals surface area (Å²) >= 11 is 0. The van der Waals surface area contributed by atoms with Gasteiger partial charge in [0, 0.05) is 45.3 Å². The van der Waals surface area contributed by atoms with Crippen LogP contribution in [0.3, 0.4) is 0 Å². The van der Waals surface area contributed by atoms with Crippen LogP contribution in [0.1, 0.15) is 23.7 Å². The van der Waals surface area contributed by atoms with Gasteiger partial charge in [0.05, 0.1) is 17.5 Å². The molecule has 0 aromatic heterocycles. The summed E-state index contributed by atoms with van der Waals surface area (Å²) in [5.41, 5.74) is 0.757. The quantitative estimate of drug-likeness (QED) is 0.460. The van der Waals surface area contributed by atoms with Crippen LogP contribution in [0.15, 0.2) is 18.2 Å². The average Bonchev–Trinajstić information content (AvgIpc) is 2.59. The normalized spacial score (nSPS) is 15.2. The van der Waals surface area contributed by atoms with Crippen molar-refractivity contribution in [2.45, 2.75) is 13.3 Å². The summed E-state index contributed by atoms with van der Waals surface area (Å²) in [6, 6.07) is 4.46. The van der Waals surface area contributed by atoms with Gasteiger partial charge in [0.2, 0.25) is 15.9 Å². The summed E-state index contributed by atoms with van der Waals surface area (Å²) < 4.78 is 25.4. The third-order valence-electron chi connectivity index (χ3n) is 4.03. The molecule has 1 aromatic carbocycles. The van der Waals surface area contributed by atoms with Gasteiger partial charge in [-0.25, -0.2) is 8.42 Å². The summed E-state index contributed by atoms with van der Waals surface area (Å²) in [6.45, 7) is 6.67. The molecular weight excluding hydrogens is 370 g/mol. The number of amides is 2. The van der Waals surface area contributed by atoms with Gasteiger partial charge < -0.3 is 20.9 Å². The molecule has 1 heterocycles. The number of sulfonamides is 1. The van der Waals surface area contributed by atoms with Crippen molar-refractivity contribution in [1.82, 2.24) is 15.5 Å². The Bertz CT molecular complexity index is 776. The second kappa shape index (κ2) is 9.67. The van der Waals surface area contributed by atoms with E-state index in [2.05, 4.69) is 25.6 Å². The number of hydrogen-bond acceptors (Lipinski definition) is 6. The van der Waals surface area contributed by atoms with E-state index >= 15 is 0 Å². The van der Waals surface area contributed by atoms with Gasteiger partial charge in [-0.1, -0.05) is 0 Å². The lowest BCUT2D eigenvalue weighted by Gasteiger charge is -2.27. The van der Waals surface area contributed by atoms with Gasteiger partial charge in [-0.3, -0.25) is 14.3 Å². The highest BCUT2D eigenvalue weighted by Gasteiger charge is 2.16. The molecule has 0 unspecified atom stereocenters. The Morgan fingerprint density at radius 1 is 1.22 bits per heavy atom. The van der Waals surface area contributed by atoms with Crippen molar-refractivity contribution < 1.29 is 18.0 Å². The summed E-state index contributed by atoms with van der Waals surface area (Å²) in [5.74, 6) is -0.671. The van der Waals surface area contributed by atoms with Gasteiger partial charge in [-0.2, -0.15) is 0 Å². The number of hydrogen-bond donors (Lipinski definition) is 4. The van der Waals surface area contributed by atoms with Crippen molar-refractivity contribution in [3.8, 4) is 0 Å². The molecule has 0 atom stereocenters. The first-order valence-electron chi connectivity index (χ1n) is 8.85. The zero-order valence-electron chi connectivity index (χ0n) is 15.7. The molecule has 1 aromatic rings. The molecule has 0 bridgehead atoms. The highest BCUT2D eigenvalue weighted by Crippen LogP contribution is 2.21. The van der Waals surface area contributed by atoms with Crippen molar-refractivity contribution in [3.63, 3.8) is 0 Å². The predicted octanol–water partition coefficient (Wildman–Crippen LogP) is 0.0416. The van der Waals surface area contributed by atoms with E-state index in [4.69, 9.17) is 0 Å². The Kier molecular flexibility index (Phi) is 7.57. The van der Waals surface area contributed by atoms with Gasteiger partial charge >= 0.3 is 0 Å². The molecule has 1 saturated heterocycles. The van der Waals surface area contributed by atoms with Crippen molar-refractivity contribution in [2.75, 3.05) is 55.6 Å². The summed E-state index contributed by atoms with van der Waals surface area (Å²) in [6.07, 6.45) is 1.82. The Morgan fingerprint density at radius 3 is 2.56 bits per heavy atom. The SMILES string of the molecule is CC(=O)Nc1ccc(NS(C)(=O)=O)c(C(=O)NCCCN2CCNCC2)c1. The van der Waals surface area contributed by atoms with Crippen LogP contribution >= 0.6 is 0 Å². The van der Waals surface area contributed by atoms with E-state index in [9.17, 15) is 18.0 Å². The predicted molar refractivity (Wildman–Crippen MR) is 105 cm³/mol. The molecule has 4 N–H and O–H groups in total. The van der Waals surface area contributed by atoms with Gasteiger partial charge in [0.25, 0.3) is 5.91 Å². The van der Waals surface area contributed by atoms with Crippen molar-refractivity contribution in [3.05, 3.63) is 23.8 Å². The van der Waals surface area contributed by atoms with Crippen molar-refractivity contribution in [2.24, 2.45) is 0 Å². The molecule has 2 amide bonds. The highest BCUT2D eigenvalue weighted by atomic mass is 32.2. The van der Waals surface area contributed by atoms with Crippen molar-refractivity contribution in [1.29, 1.82) is 0 Å². The van der Waals surface area contributed by atoms with E-state index in [1.165, 1.54) is 25.1 Å². The standard InChI is InChI=1S/C17H27N5O4S/c1-13(23)20-14-4-5-16(21-27(2,25)26)15(12-14)17(24)19-6-3-9-22-10-7-18-8-11-22/h4-5,12,18,21H,3,6-11H2,1-2H3,(H,19,24)(H,20,23). The van der Waals surface area contributed by atoms with Gasteiger partial charge in [0.15, 0.2) is 0 Å². The lowest BCUT2D eigenvalue weighted by Crippen LogP contribution is -2.44. The second-order valence-corrected chi connectivity index (χ2v) is 8.27. The smallest absolute Gasteiger partial charge is 0.253 e. The Labute approximate surface area is 159 Å². The fourth-order valence-electron chi connectivity index (χ4n) is 2.84. The number of nitrogens with one attached hydrogen (secondary N) is 4. The van der Waals surface area contributed by atoms with Gasteiger partial charge in [0.1, 0.15) is 0 Å². The molecule has 27 heavy (non-hydrogen) atoms. The van der Waals surface area contributed by atoms with Crippen LogP contribution in [-0.2, 0) is 14.8 Å². The van der Waals surface area contributed by atoms with Crippen LogP contribution in [0, 0.1) is 0 Å². The van der Waals surface area contributed by atoms with Crippen LogP contribution in [0.4, 0.5) is 11.4 Å². The number of rotatable bonds is 8. The van der Waals surface area contributed by atoms with Crippen LogP contribution in [0.25, 0.3) is 0 Å². The van der Waals surface area contributed by atoms with E-state index in [-0.39, 0.29) is 17.2 Å². The number of piperazine rings is 1. The van der Waals surface area contributed by atoms with Crippen LogP contribution in [0.2, 0.25) is 0 Å². The number of benzene rings is 1. The van der Waals surface area contributed by atoms with Crippen LogP contribution < -0.4 is 20.7 Å². The lowest BCUT2D eigenvalue weighted by atomic mass is 10.1. The minimum absolute atomic E-state index is 0.161. The number of anilines is 2. The molecule has 1 fully saturated rings. The van der Waals surface area contributed by atoms with E-state index < -0.39 is 15.9 Å². The molecule has 0 saturated carbocycles. The molecule has 0 aliphatic carbocycles. The molecule has 9 nitrogen and oxygen atoms in total. The molecule has 0 radical (unpaired) electrons. The minimum atomic E-state index is -3.54. The molecule has 1 aliphatic rings. The number of nitrogens with zero attached hydrogens (tertiary/aromatic N) is 1. The largest absolute Gasteiger partial charge is 0.352 e. The Hall–Kier alpha value is -2.17. The highest BCUT2D eigenvalue weighted by molar-refractivity contribution is 7.92. The summed E-state index contributed by atoms with van der Waals surface area (Å²) in [4.78, 5) is 26.1. The second-order valence-electron chi connectivity index (χ2n) is 6.52. The van der Waals surface area contributed by atoms with E-state index in [0.717, 1.165) is 45.4 Å². The molecule has 0 spiro atoms. The lowest BCUT2D eigenvalue weighted by molar-refractivity contribution is -0.114. The third-order valence-corrected chi connectivity index (χ3v) is 4.62. The molecular formula is C17H27N5O4S. The first-order chi connectivity index (χ1) is 12.7. The molecule has 10 heteroatoms. The topological polar surface area (TPSA) is 120 Å². The zero-order valence-corrected chi connectivity index (χ0v) is 16.5. The average molecular weight is 398 g/mol. The van der Waals surface area contributed by atoms with E-state index in [1.807, 2.05) is 0 Å². The molecule has 2 rings (SSSR count). The number of carbonyl (C=O) groups excluding carboxylic acids is 2. The van der Waals surface area contributed by atoms with E-state index in [1.54, 1.807) is 0 Å². The maximum atomic E-state index is 12.6. The van der Waals surface area contributed by atoms with Crippen LogP contribution in [0.5, 0.6) is 0 Å². The Balaban J connectivity index is 2.00. The maximum Gasteiger partial charge on any atom is 0.253 e. The van der Waals surface area contributed by atoms with Gasteiger partial charge in [-0.15, -0.1) is 0 Å². The number of carbonyl (C=O) groups is 2. The monoisotopic (exact) mass is 397 g/mol. The van der Waals surface area contributed by atoms with E-state index in [0.29, 0.717) is 12.2 Å². The maximum absolute atomic E-state index is 12.6. The fraction of sp³-hybridized carbons (Fsp3) is 0.529. The van der Waals surface area contributed by atoms with Crippen molar-refractivity contribution >= 4 is 33.2 Å². The fourth-order valence-corrected chi connectivity index (χ4v) is 3.41. The first kappa shape index (κ1) is 21.1. The Morgan fingerprint density at radius 2 is 1.93 bits per heavy atom. The third kappa shape index (κ3) is 7.53. The minimum Gasteiger partial charge on any atom is -0.352 e. The molecule has 1 aliphatic heterocycles. The van der Waals surface area contributed by atoms with Gasteiger partial charge in [-0.05, 0) is 31.2 Å². The zero-order chi connectivity index (χ0) is 19.9. The first-order valence-corrected chi connectivity index (χ1v) is 10.7. The summed E-state index contributed by atoms with van der Waals surface area (Å²) in [5, 5.41) is 8.70. The summed E-state index contributed by atoms with van der Waals surface area (Å²) in [7, 11) is -3.54.